The minimum absolute atomic E-state index is 0.138. The van der Waals surface area contributed by atoms with Crippen molar-refractivity contribution in [3.8, 4) is 0 Å². The third-order valence-corrected chi connectivity index (χ3v) is 6.57. The average molecular weight is 449 g/mol. The lowest BCUT2D eigenvalue weighted by Gasteiger charge is -2.37. The highest BCUT2D eigenvalue weighted by Crippen LogP contribution is 2.45. The number of aromatic carboxylic acids is 1. The second-order valence-corrected chi connectivity index (χ2v) is 9.96. The van der Waals surface area contributed by atoms with Crippen LogP contribution in [-0.2, 0) is 15.3 Å². The number of carbonyl (C=O) groups is 3. The first kappa shape index (κ1) is 22.9. The van der Waals surface area contributed by atoms with Gasteiger partial charge in [-0.3, -0.25) is 14.5 Å². The van der Waals surface area contributed by atoms with E-state index < -0.39 is 34.8 Å². The SMILES string of the molecule is CC1(C)CC(C(=O)N2C=C(c3ccccc3)C(=O)C2(O)c2ccccc2C(=O)O)C(C)(C)N1. The van der Waals surface area contributed by atoms with E-state index in [2.05, 4.69) is 5.32 Å². The summed E-state index contributed by atoms with van der Waals surface area (Å²) in [5.74, 6) is -3.02. The Kier molecular flexibility index (Phi) is 5.30. The molecule has 2 atom stereocenters. The molecule has 1 fully saturated rings. The van der Waals surface area contributed by atoms with Crippen molar-refractivity contribution in [2.75, 3.05) is 0 Å². The number of carbonyl (C=O) groups excluding carboxylic acids is 2. The van der Waals surface area contributed by atoms with Gasteiger partial charge in [-0.05, 0) is 45.7 Å². The number of amides is 1. The molecule has 7 heteroatoms. The fourth-order valence-corrected chi connectivity index (χ4v) is 5.19. The van der Waals surface area contributed by atoms with E-state index in [1.165, 1.54) is 24.4 Å². The first-order valence-corrected chi connectivity index (χ1v) is 10.9. The zero-order valence-corrected chi connectivity index (χ0v) is 19.1. The number of aliphatic hydroxyl groups is 1. The number of hydrogen-bond donors (Lipinski definition) is 3. The molecular formula is C26H28N2O5. The Morgan fingerprint density at radius 3 is 2.18 bits per heavy atom. The fourth-order valence-electron chi connectivity index (χ4n) is 5.19. The Labute approximate surface area is 192 Å². The van der Waals surface area contributed by atoms with Crippen LogP contribution in [0, 0.1) is 5.92 Å². The molecule has 0 spiro atoms. The molecule has 2 heterocycles. The zero-order valence-electron chi connectivity index (χ0n) is 19.1. The Hall–Kier alpha value is -3.29. The second-order valence-electron chi connectivity index (χ2n) is 9.96. The van der Waals surface area contributed by atoms with E-state index in [1.54, 1.807) is 36.4 Å². The number of benzene rings is 2. The maximum Gasteiger partial charge on any atom is 0.336 e. The molecule has 0 radical (unpaired) electrons. The predicted molar refractivity (Wildman–Crippen MR) is 123 cm³/mol. The first-order valence-electron chi connectivity index (χ1n) is 10.9. The lowest BCUT2D eigenvalue weighted by molar-refractivity contribution is -0.165. The van der Waals surface area contributed by atoms with Gasteiger partial charge in [0, 0.05) is 28.4 Å². The molecule has 0 saturated carbocycles. The highest BCUT2D eigenvalue weighted by Gasteiger charge is 2.57. The van der Waals surface area contributed by atoms with E-state index in [9.17, 15) is 24.6 Å². The Morgan fingerprint density at radius 1 is 1.00 bits per heavy atom. The highest BCUT2D eigenvalue weighted by molar-refractivity contribution is 6.28. The van der Waals surface area contributed by atoms with Gasteiger partial charge in [-0.2, -0.15) is 0 Å². The van der Waals surface area contributed by atoms with Gasteiger partial charge in [0.2, 0.25) is 17.4 Å². The molecule has 2 aromatic rings. The van der Waals surface area contributed by atoms with Gasteiger partial charge in [0.05, 0.1) is 11.5 Å². The molecule has 172 valence electrons. The van der Waals surface area contributed by atoms with Crippen molar-refractivity contribution in [2.45, 2.75) is 50.9 Å². The number of nitrogens with one attached hydrogen (secondary N) is 1. The van der Waals surface area contributed by atoms with Crippen molar-refractivity contribution < 1.29 is 24.6 Å². The minimum atomic E-state index is -2.47. The highest BCUT2D eigenvalue weighted by atomic mass is 16.4. The van der Waals surface area contributed by atoms with Gasteiger partial charge >= 0.3 is 5.97 Å². The molecule has 1 saturated heterocycles. The summed E-state index contributed by atoms with van der Waals surface area (Å²) in [5, 5.41) is 25.1. The Bertz CT molecular complexity index is 1170. The number of hydrogen-bond acceptors (Lipinski definition) is 5. The monoisotopic (exact) mass is 448 g/mol. The fraction of sp³-hybridized carbons (Fsp3) is 0.346. The van der Waals surface area contributed by atoms with Crippen molar-refractivity contribution in [1.29, 1.82) is 0 Å². The van der Waals surface area contributed by atoms with Gasteiger partial charge in [-0.15, -0.1) is 0 Å². The Morgan fingerprint density at radius 2 is 1.61 bits per heavy atom. The van der Waals surface area contributed by atoms with Crippen molar-refractivity contribution in [2.24, 2.45) is 5.92 Å². The summed E-state index contributed by atoms with van der Waals surface area (Å²) in [5.41, 5.74) is -3.08. The minimum Gasteiger partial charge on any atom is -0.478 e. The number of carboxylic acid groups (broad SMARTS) is 1. The summed E-state index contributed by atoms with van der Waals surface area (Å²) in [4.78, 5) is 40.6. The first-order chi connectivity index (χ1) is 15.4. The largest absolute Gasteiger partial charge is 0.478 e. The van der Waals surface area contributed by atoms with Crippen LogP contribution in [0.15, 0.2) is 60.8 Å². The molecule has 33 heavy (non-hydrogen) atoms. The number of carboxylic acids is 1. The van der Waals surface area contributed by atoms with E-state index in [0.717, 1.165) is 4.90 Å². The summed E-state index contributed by atoms with van der Waals surface area (Å²) >= 11 is 0. The van der Waals surface area contributed by atoms with Crippen LogP contribution < -0.4 is 5.32 Å². The van der Waals surface area contributed by atoms with Crippen LogP contribution in [0.3, 0.4) is 0 Å². The molecule has 0 aromatic heterocycles. The van der Waals surface area contributed by atoms with Crippen LogP contribution >= 0.6 is 0 Å². The number of Topliss-reactive ketones (excluding diaryl/α,β-unsaturated/α-hetero) is 1. The van der Waals surface area contributed by atoms with Crippen molar-refractivity contribution in [1.82, 2.24) is 10.2 Å². The molecule has 2 aliphatic heterocycles. The second kappa shape index (κ2) is 7.64. The average Bonchev–Trinajstić information content (AvgIpc) is 3.16. The molecule has 0 aliphatic carbocycles. The van der Waals surface area contributed by atoms with E-state index in [-0.39, 0.29) is 22.2 Å². The molecule has 4 rings (SSSR count). The van der Waals surface area contributed by atoms with E-state index >= 15 is 0 Å². The smallest absolute Gasteiger partial charge is 0.336 e. The van der Waals surface area contributed by atoms with Crippen LogP contribution in [0.5, 0.6) is 0 Å². The van der Waals surface area contributed by atoms with Crippen LogP contribution in [0.1, 0.15) is 55.6 Å². The molecule has 0 bridgehead atoms. The third kappa shape index (κ3) is 3.67. The molecule has 2 aliphatic rings. The number of rotatable bonds is 4. The standard InChI is InChI=1S/C26H28N2O5/c1-24(2)14-20(25(3,4)27-24)22(30)28-15-18(16-10-6-5-7-11-16)21(29)26(28,33)19-13-9-8-12-17(19)23(31)32/h5-13,15,20,27,33H,14H2,1-4H3,(H,31,32). The summed E-state index contributed by atoms with van der Waals surface area (Å²) < 4.78 is 0. The van der Waals surface area contributed by atoms with Crippen LogP contribution in [0.4, 0.5) is 0 Å². The number of nitrogens with zero attached hydrogens (tertiary/aromatic N) is 1. The van der Waals surface area contributed by atoms with Crippen LogP contribution in [0.25, 0.3) is 5.57 Å². The maximum absolute atomic E-state index is 13.9. The quantitative estimate of drug-likeness (QED) is 0.663. The van der Waals surface area contributed by atoms with Gasteiger partial charge in [0.25, 0.3) is 0 Å². The summed E-state index contributed by atoms with van der Waals surface area (Å²) in [7, 11) is 0. The maximum atomic E-state index is 13.9. The lowest BCUT2D eigenvalue weighted by Crippen LogP contribution is -2.54. The molecule has 3 N–H and O–H groups in total. The van der Waals surface area contributed by atoms with Crippen LogP contribution in [-0.4, -0.2) is 43.9 Å². The molecule has 7 nitrogen and oxygen atoms in total. The topological polar surface area (TPSA) is 107 Å². The van der Waals surface area contributed by atoms with Crippen molar-refractivity contribution >= 4 is 23.2 Å². The van der Waals surface area contributed by atoms with Crippen molar-refractivity contribution in [3.63, 3.8) is 0 Å². The molecule has 1 amide bonds. The van der Waals surface area contributed by atoms with Gasteiger partial charge in [0.1, 0.15) is 0 Å². The Balaban J connectivity index is 1.89. The predicted octanol–water partition coefficient (Wildman–Crippen LogP) is 3.15. The molecule has 2 aromatic carbocycles. The van der Waals surface area contributed by atoms with E-state index in [0.29, 0.717) is 12.0 Å². The lowest BCUT2D eigenvalue weighted by atomic mass is 9.84. The van der Waals surface area contributed by atoms with Gasteiger partial charge in [-0.25, -0.2) is 4.79 Å². The van der Waals surface area contributed by atoms with Gasteiger partial charge in [-0.1, -0.05) is 48.5 Å². The summed E-state index contributed by atoms with van der Waals surface area (Å²) in [6.07, 6.45) is 1.86. The molecule has 2 unspecified atom stereocenters. The summed E-state index contributed by atoms with van der Waals surface area (Å²) in [6.45, 7) is 7.81. The van der Waals surface area contributed by atoms with E-state index in [1.807, 2.05) is 27.7 Å². The zero-order chi connectivity index (χ0) is 24.2. The van der Waals surface area contributed by atoms with Crippen LogP contribution in [0.2, 0.25) is 0 Å². The third-order valence-electron chi connectivity index (χ3n) is 6.57. The summed E-state index contributed by atoms with van der Waals surface area (Å²) in [6, 6.07) is 14.5. The van der Waals surface area contributed by atoms with Gasteiger partial charge < -0.3 is 15.5 Å². The molecular weight excluding hydrogens is 420 g/mol. The van der Waals surface area contributed by atoms with Crippen molar-refractivity contribution in [3.05, 3.63) is 77.5 Å². The van der Waals surface area contributed by atoms with E-state index in [4.69, 9.17) is 0 Å². The number of ketones is 1. The van der Waals surface area contributed by atoms with Gasteiger partial charge in [0.15, 0.2) is 0 Å². The normalized spacial score (nSPS) is 25.7.